The Morgan fingerprint density at radius 1 is 1.14 bits per heavy atom. The highest BCUT2D eigenvalue weighted by molar-refractivity contribution is 6.05. The van der Waals surface area contributed by atoms with Crippen molar-refractivity contribution in [3.8, 4) is 5.75 Å². The summed E-state index contributed by atoms with van der Waals surface area (Å²) in [4.78, 5) is 39.4. The minimum absolute atomic E-state index is 0.144. The Bertz CT molecular complexity index is 1210. The first-order valence-corrected chi connectivity index (χ1v) is 11.7. The average Bonchev–Trinajstić information content (AvgIpc) is 3.38. The molecule has 4 amide bonds. The number of hydrogen-bond acceptors (Lipinski definition) is 6. The van der Waals surface area contributed by atoms with E-state index in [4.69, 9.17) is 4.74 Å². The Kier molecular flexibility index (Phi) is 7.28. The van der Waals surface area contributed by atoms with E-state index in [0.29, 0.717) is 24.3 Å². The molecular weight excluding hydrogens is 448 g/mol. The number of imide groups is 1. The Labute approximate surface area is 203 Å². The van der Waals surface area contributed by atoms with Crippen molar-refractivity contribution in [1.29, 1.82) is 0 Å². The number of rotatable bonds is 10. The molecule has 0 saturated carbocycles. The van der Waals surface area contributed by atoms with E-state index in [1.807, 2.05) is 53.1 Å². The van der Waals surface area contributed by atoms with Gasteiger partial charge in [-0.25, -0.2) is 4.79 Å². The fraction of sp³-hybridized carbons (Fsp3) is 0.400. The molecule has 10 nitrogen and oxygen atoms in total. The molecule has 2 unspecified atom stereocenters. The lowest BCUT2D eigenvalue weighted by molar-refractivity contribution is -0.131. The van der Waals surface area contributed by atoms with Gasteiger partial charge >= 0.3 is 6.03 Å². The van der Waals surface area contributed by atoms with Crippen LogP contribution >= 0.6 is 0 Å². The van der Waals surface area contributed by atoms with Gasteiger partial charge in [-0.3, -0.25) is 18.9 Å². The molecule has 0 radical (unpaired) electrons. The van der Waals surface area contributed by atoms with Crippen LogP contribution < -0.4 is 15.4 Å². The van der Waals surface area contributed by atoms with Crippen LogP contribution in [0.5, 0.6) is 5.75 Å². The second kappa shape index (κ2) is 10.5. The van der Waals surface area contributed by atoms with Crippen LogP contribution in [0, 0.1) is 5.92 Å². The number of amides is 4. The molecule has 1 fully saturated rings. The predicted molar refractivity (Wildman–Crippen MR) is 129 cm³/mol. The van der Waals surface area contributed by atoms with Gasteiger partial charge in [0.05, 0.1) is 19.6 Å². The van der Waals surface area contributed by atoms with Gasteiger partial charge in [-0.15, -0.1) is 10.2 Å². The molecule has 3 heterocycles. The average molecular weight is 479 g/mol. The second-order valence-electron chi connectivity index (χ2n) is 9.03. The van der Waals surface area contributed by atoms with E-state index >= 15 is 0 Å². The van der Waals surface area contributed by atoms with Crippen molar-refractivity contribution < 1.29 is 19.1 Å². The molecular formula is C25H30N6O4. The number of urea groups is 1. The molecule has 10 heteroatoms. The molecule has 2 atom stereocenters. The van der Waals surface area contributed by atoms with E-state index in [2.05, 4.69) is 34.7 Å². The summed E-state index contributed by atoms with van der Waals surface area (Å²) in [6, 6.07) is 11.3. The van der Waals surface area contributed by atoms with Crippen molar-refractivity contribution in [2.75, 3.05) is 13.7 Å². The Hall–Kier alpha value is -3.95. The summed E-state index contributed by atoms with van der Waals surface area (Å²) in [5.41, 5.74) is 1.67. The number of aromatic nitrogens is 3. The largest absolute Gasteiger partial charge is 0.497 e. The van der Waals surface area contributed by atoms with E-state index in [-0.39, 0.29) is 30.8 Å². The highest BCUT2D eigenvalue weighted by atomic mass is 16.5. The third-order valence-electron chi connectivity index (χ3n) is 5.97. The predicted octanol–water partition coefficient (Wildman–Crippen LogP) is 2.49. The van der Waals surface area contributed by atoms with E-state index in [9.17, 15) is 14.4 Å². The zero-order valence-electron chi connectivity index (χ0n) is 20.1. The molecule has 3 aromatic rings. The van der Waals surface area contributed by atoms with Gasteiger partial charge in [0.15, 0.2) is 11.5 Å². The molecule has 2 aromatic heterocycles. The highest BCUT2D eigenvalue weighted by Gasteiger charge is 2.39. The summed E-state index contributed by atoms with van der Waals surface area (Å²) in [5.74, 6) is 0.930. The number of fused-ring (bicyclic) bond motifs is 1. The van der Waals surface area contributed by atoms with Gasteiger partial charge in [-0.05, 0) is 48.6 Å². The van der Waals surface area contributed by atoms with Crippen LogP contribution in [-0.4, -0.2) is 57.0 Å². The smallest absolute Gasteiger partial charge is 0.324 e. The van der Waals surface area contributed by atoms with Gasteiger partial charge in [-0.1, -0.05) is 32.0 Å². The first-order chi connectivity index (χ1) is 16.9. The molecule has 0 spiro atoms. The van der Waals surface area contributed by atoms with Crippen LogP contribution in [0.15, 0.2) is 48.7 Å². The SMILES string of the molecule is COc1ccc(CCN2C(=O)NC(CC(=O)NC(CC(C)C)c3nnc4ccccn34)C2=O)cc1. The van der Waals surface area contributed by atoms with Gasteiger partial charge in [-0.2, -0.15) is 0 Å². The topological polar surface area (TPSA) is 118 Å². The molecule has 2 N–H and O–H groups in total. The normalized spacial score (nSPS) is 16.6. The number of hydrogen-bond donors (Lipinski definition) is 2. The number of nitrogens with one attached hydrogen (secondary N) is 2. The maximum absolute atomic E-state index is 12.9. The summed E-state index contributed by atoms with van der Waals surface area (Å²) in [6.07, 6.45) is 2.87. The van der Waals surface area contributed by atoms with Crippen LogP contribution in [0.4, 0.5) is 4.79 Å². The molecule has 0 bridgehead atoms. The van der Waals surface area contributed by atoms with Gasteiger partial charge in [0.2, 0.25) is 5.91 Å². The molecule has 0 aliphatic carbocycles. The van der Waals surface area contributed by atoms with E-state index in [1.165, 1.54) is 4.90 Å². The Balaban J connectivity index is 1.38. The summed E-state index contributed by atoms with van der Waals surface area (Å²) in [7, 11) is 1.60. The number of methoxy groups -OCH3 is 1. The molecule has 1 aliphatic rings. The van der Waals surface area contributed by atoms with Crippen molar-refractivity contribution in [2.45, 2.75) is 45.2 Å². The van der Waals surface area contributed by atoms with E-state index < -0.39 is 18.0 Å². The lowest BCUT2D eigenvalue weighted by atomic mass is 10.0. The molecule has 35 heavy (non-hydrogen) atoms. The number of pyridine rings is 1. The summed E-state index contributed by atoms with van der Waals surface area (Å²) >= 11 is 0. The Morgan fingerprint density at radius 3 is 2.63 bits per heavy atom. The summed E-state index contributed by atoms with van der Waals surface area (Å²) in [5, 5.41) is 14.1. The monoisotopic (exact) mass is 478 g/mol. The fourth-order valence-electron chi connectivity index (χ4n) is 4.20. The minimum Gasteiger partial charge on any atom is -0.497 e. The van der Waals surface area contributed by atoms with Crippen molar-refractivity contribution >= 4 is 23.5 Å². The molecule has 4 rings (SSSR count). The van der Waals surface area contributed by atoms with Gasteiger partial charge in [0.1, 0.15) is 11.8 Å². The third kappa shape index (κ3) is 5.59. The van der Waals surface area contributed by atoms with Crippen LogP contribution in [0.3, 0.4) is 0 Å². The maximum Gasteiger partial charge on any atom is 0.324 e. The Morgan fingerprint density at radius 2 is 1.91 bits per heavy atom. The molecule has 184 valence electrons. The van der Waals surface area contributed by atoms with Crippen molar-refractivity contribution in [2.24, 2.45) is 5.92 Å². The second-order valence-corrected chi connectivity index (χ2v) is 9.03. The fourth-order valence-corrected chi connectivity index (χ4v) is 4.20. The number of carbonyl (C=O) groups excluding carboxylic acids is 3. The van der Waals surface area contributed by atoms with Crippen molar-refractivity contribution in [1.82, 2.24) is 30.1 Å². The van der Waals surface area contributed by atoms with Gasteiger partial charge in [0.25, 0.3) is 5.91 Å². The van der Waals surface area contributed by atoms with Crippen molar-refractivity contribution in [3.05, 3.63) is 60.0 Å². The van der Waals surface area contributed by atoms with Gasteiger partial charge < -0.3 is 15.4 Å². The number of carbonyl (C=O) groups is 3. The third-order valence-corrected chi connectivity index (χ3v) is 5.97. The van der Waals surface area contributed by atoms with Crippen LogP contribution in [-0.2, 0) is 16.0 Å². The quantitative estimate of drug-likeness (QED) is 0.432. The number of nitrogens with zero attached hydrogens (tertiary/aromatic N) is 4. The number of benzene rings is 1. The number of ether oxygens (including phenoxy) is 1. The standard InChI is InChI=1S/C25H30N6O4/c1-16(2)14-19(23-29-28-21-6-4-5-12-30(21)23)26-22(32)15-20-24(33)31(25(34)27-20)13-11-17-7-9-18(35-3)10-8-17/h4-10,12,16,19-20H,11,13-15H2,1-3H3,(H,26,32)(H,27,34). The summed E-state index contributed by atoms with van der Waals surface area (Å²) in [6.45, 7) is 4.35. The first kappa shape index (κ1) is 24.2. The van der Waals surface area contributed by atoms with Crippen LogP contribution in [0.2, 0.25) is 0 Å². The minimum atomic E-state index is -0.895. The van der Waals surface area contributed by atoms with E-state index in [1.54, 1.807) is 7.11 Å². The summed E-state index contributed by atoms with van der Waals surface area (Å²) < 4.78 is 6.99. The lowest BCUT2D eigenvalue weighted by Gasteiger charge is -2.20. The van der Waals surface area contributed by atoms with E-state index in [0.717, 1.165) is 11.3 Å². The van der Waals surface area contributed by atoms with Gasteiger partial charge in [0, 0.05) is 12.7 Å². The zero-order chi connectivity index (χ0) is 24.9. The molecule has 1 aliphatic heterocycles. The lowest BCUT2D eigenvalue weighted by Crippen LogP contribution is -2.38. The maximum atomic E-state index is 12.9. The molecule has 1 aromatic carbocycles. The van der Waals surface area contributed by atoms with Crippen LogP contribution in [0.1, 0.15) is 44.1 Å². The highest BCUT2D eigenvalue weighted by Crippen LogP contribution is 2.21. The first-order valence-electron chi connectivity index (χ1n) is 11.7. The van der Waals surface area contributed by atoms with Crippen molar-refractivity contribution in [3.63, 3.8) is 0 Å². The molecule has 1 saturated heterocycles. The van der Waals surface area contributed by atoms with Crippen LogP contribution in [0.25, 0.3) is 5.65 Å². The zero-order valence-corrected chi connectivity index (χ0v) is 20.1.